The molecule has 0 radical (unpaired) electrons. The first-order valence-electron chi connectivity index (χ1n) is 10.3. The predicted molar refractivity (Wildman–Crippen MR) is 113 cm³/mol. The van der Waals surface area contributed by atoms with Crippen molar-refractivity contribution in [2.75, 3.05) is 57.6 Å². The Bertz CT molecular complexity index is 724. The van der Waals surface area contributed by atoms with Gasteiger partial charge in [-0.25, -0.2) is 0 Å². The fourth-order valence-electron chi connectivity index (χ4n) is 3.38. The number of likely N-dealkylation sites (tertiary alicyclic amines) is 1. The molecule has 2 rings (SSSR count). The fourth-order valence-corrected chi connectivity index (χ4v) is 3.38. The highest BCUT2D eigenvalue weighted by Gasteiger charge is 2.30. The van der Waals surface area contributed by atoms with Crippen LogP contribution in [-0.2, 0) is 9.53 Å². The van der Waals surface area contributed by atoms with Crippen LogP contribution in [0.3, 0.4) is 0 Å². The Morgan fingerprint density at radius 2 is 2.07 bits per heavy atom. The number of aromatic nitrogens is 2. The average Bonchev–Trinajstić information content (AvgIpc) is 2.71. The molecule has 11 nitrogen and oxygen atoms in total. The van der Waals surface area contributed by atoms with E-state index in [1.807, 2.05) is 6.92 Å². The molecule has 0 unspecified atom stereocenters. The van der Waals surface area contributed by atoms with Gasteiger partial charge in [0.2, 0.25) is 11.6 Å². The summed E-state index contributed by atoms with van der Waals surface area (Å²) >= 11 is 0. The van der Waals surface area contributed by atoms with Crippen LogP contribution < -0.4 is 15.4 Å². The minimum atomic E-state index is -0.625. The zero-order valence-electron chi connectivity index (χ0n) is 18.0. The Labute approximate surface area is 176 Å². The summed E-state index contributed by atoms with van der Waals surface area (Å²) in [7, 11) is 3.37. The molecule has 1 aromatic rings. The van der Waals surface area contributed by atoms with Gasteiger partial charge < -0.3 is 25.0 Å². The van der Waals surface area contributed by atoms with Crippen LogP contribution in [0.1, 0.15) is 39.0 Å². The lowest BCUT2D eigenvalue weighted by atomic mass is 9.93. The standard InChI is InChI=1S/C19H32N6O5/c1-4-5-12-30-19-21-17(20)16(25(27)28)18(22-19)24(13-15(26)29-3)11-8-14-6-9-23(2)10-7-14/h14H,4-13H2,1-3H3,(H2,20,21,22). The lowest BCUT2D eigenvalue weighted by Gasteiger charge is -2.31. The van der Waals surface area contributed by atoms with Crippen molar-refractivity contribution in [2.24, 2.45) is 5.92 Å². The molecule has 0 spiro atoms. The first kappa shape index (κ1) is 23.6. The molecule has 0 aromatic carbocycles. The maximum atomic E-state index is 12.0. The SMILES string of the molecule is CCCCOc1nc(N)c([N+](=O)[O-])c(N(CCC2CCN(C)CC2)CC(=O)OC)n1. The highest BCUT2D eigenvalue weighted by molar-refractivity contribution is 5.78. The molecule has 30 heavy (non-hydrogen) atoms. The van der Waals surface area contributed by atoms with Gasteiger partial charge in [-0.1, -0.05) is 13.3 Å². The number of carbonyl (C=O) groups is 1. The Hall–Kier alpha value is -2.69. The second-order valence-electron chi connectivity index (χ2n) is 7.56. The summed E-state index contributed by atoms with van der Waals surface area (Å²) in [6.45, 7) is 4.65. The minimum Gasteiger partial charge on any atom is -0.468 e. The number of hydrogen-bond acceptors (Lipinski definition) is 10. The number of carbonyl (C=O) groups excluding carboxylic acids is 1. The van der Waals surface area contributed by atoms with Gasteiger partial charge in [0.1, 0.15) is 6.54 Å². The third-order valence-electron chi connectivity index (χ3n) is 5.28. The molecule has 0 atom stereocenters. The summed E-state index contributed by atoms with van der Waals surface area (Å²) < 4.78 is 10.3. The molecule has 1 saturated heterocycles. The van der Waals surface area contributed by atoms with E-state index in [-0.39, 0.29) is 24.2 Å². The molecule has 0 amide bonds. The normalized spacial score (nSPS) is 15.0. The quantitative estimate of drug-likeness (QED) is 0.242. The van der Waals surface area contributed by atoms with E-state index in [0.29, 0.717) is 19.1 Å². The number of unbranched alkanes of at least 4 members (excludes halogenated alkanes) is 1. The van der Waals surface area contributed by atoms with Gasteiger partial charge in [-0.3, -0.25) is 14.9 Å². The Kier molecular flexibility index (Phi) is 9.03. The molecule has 11 heteroatoms. The van der Waals surface area contributed by atoms with E-state index < -0.39 is 16.6 Å². The van der Waals surface area contributed by atoms with Crippen molar-refractivity contribution in [3.63, 3.8) is 0 Å². The molecular weight excluding hydrogens is 392 g/mol. The van der Waals surface area contributed by atoms with Gasteiger partial charge in [0, 0.05) is 6.54 Å². The smallest absolute Gasteiger partial charge is 0.353 e. The third-order valence-corrected chi connectivity index (χ3v) is 5.28. The van der Waals surface area contributed by atoms with Crippen LogP contribution >= 0.6 is 0 Å². The first-order valence-corrected chi connectivity index (χ1v) is 10.3. The van der Waals surface area contributed by atoms with E-state index in [0.717, 1.165) is 45.2 Å². The molecule has 1 aliphatic heterocycles. The Morgan fingerprint density at radius 3 is 2.67 bits per heavy atom. The zero-order chi connectivity index (χ0) is 22.1. The van der Waals surface area contributed by atoms with Crippen LogP contribution in [0.15, 0.2) is 0 Å². The van der Waals surface area contributed by atoms with E-state index in [1.165, 1.54) is 7.11 Å². The van der Waals surface area contributed by atoms with Crippen molar-refractivity contribution in [3.05, 3.63) is 10.1 Å². The second-order valence-corrected chi connectivity index (χ2v) is 7.56. The number of anilines is 2. The number of nitrogens with zero attached hydrogens (tertiary/aromatic N) is 5. The molecular formula is C19H32N6O5. The van der Waals surface area contributed by atoms with Crippen molar-refractivity contribution in [2.45, 2.75) is 39.0 Å². The molecule has 0 saturated carbocycles. The maximum absolute atomic E-state index is 12.0. The maximum Gasteiger partial charge on any atom is 0.353 e. The van der Waals surface area contributed by atoms with E-state index in [2.05, 4.69) is 21.9 Å². The van der Waals surface area contributed by atoms with Gasteiger partial charge >= 0.3 is 17.7 Å². The van der Waals surface area contributed by atoms with Crippen LogP contribution in [0.5, 0.6) is 6.01 Å². The van der Waals surface area contributed by atoms with Crippen LogP contribution in [0.2, 0.25) is 0 Å². The summed E-state index contributed by atoms with van der Waals surface area (Å²) in [4.78, 5) is 35.0. The topological polar surface area (TPSA) is 137 Å². The van der Waals surface area contributed by atoms with E-state index in [9.17, 15) is 14.9 Å². The number of nitrogens with two attached hydrogens (primary N) is 1. The fraction of sp³-hybridized carbons (Fsp3) is 0.737. The Morgan fingerprint density at radius 1 is 1.37 bits per heavy atom. The molecule has 2 heterocycles. The lowest BCUT2D eigenvalue weighted by Crippen LogP contribution is -2.36. The molecule has 1 aliphatic rings. The summed E-state index contributed by atoms with van der Waals surface area (Å²) in [5.41, 5.74) is 5.44. The number of ether oxygens (including phenoxy) is 2. The van der Waals surface area contributed by atoms with Crippen molar-refractivity contribution < 1.29 is 19.2 Å². The number of methoxy groups -OCH3 is 1. The number of hydrogen-bond donors (Lipinski definition) is 1. The highest BCUT2D eigenvalue weighted by atomic mass is 16.6. The summed E-state index contributed by atoms with van der Waals surface area (Å²) in [6.07, 6.45) is 4.57. The molecule has 0 aliphatic carbocycles. The van der Waals surface area contributed by atoms with Gasteiger partial charge in [0.25, 0.3) is 0 Å². The van der Waals surface area contributed by atoms with E-state index >= 15 is 0 Å². The van der Waals surface area contributed by atoms with E-state index in [4.69, 9.17) is 15.2 Å². The lowest BCUT2D eigenvalue weighted by molar-refractivity contribution is -0.383. The molecule has 168 valence electrons. The highest BCUT2D eigenvalue weighted by Crippen LogP contribution is 2.33. The number of nitrogen functional groups attached to an aromatic ring is 1. The molecule has 2 N–H and O–H groups in total. The van der Waals surface area contributed by atoms with Crippen LogP contribution in [-0.4, -0.2) is 72.7 Å². The molecule has 0 bridgehead atoms. The van der Waals surface area contributed by atoms with Crippen LogP contribution in [0.25, 0.3) is 0 Å². The van der Waals surface area contributed by atoms with Gasteiger partial charge in [-0.2, -0.15) is 9.97 Å². The zero-order valence-corrected chi connectivity index (χ0v) is 18.0. The first-order chi connectivity index (χ1) is 14.3. The Balaban J connectivity index is 2.28. The summed E-state index contributed by atoms with van der Waals surface area (Å²) in [5.74, 6) is -0.346. The van der Waals surface area contributed by atoms with Gasteiger partial charge in [-0.15, -0.1) is 0 Å². The number of rotatable bonds is 11. The van der Waals surface area contributed by atoms with Crippen LogP contribution in [0, 0.1) is 16.0 Å². The predicted octanol–water partition coefficient (Wildman–Crippen LogP) is 1.86. The number of piperidine rings is 1. The largest absolute Gasteiger partial charge is 0.468 e. The summed E-state index contributed by atoms with van der Waals surface area (Å²) in [6, 6.07) is -0.0318. The molecule has 1 aromatic heterocycles. The number of nitro groups is 1. The van der Waals surface area contributed by atoms with Gasteiger partial charge in [0.15, 0.2) is 0 Å². The van der Waals surface area contributed by atoms with Crippen molar-refractivity contribution >= 4 is 23.3 Å². The number of esters is 1. The summed E-state index contributed by atoms with van der Waals surface area (Å²) in [5, 5.41) is 11.7. The average molecular weight is 425 g/mol. The minimum absolute atomic E-state index is 0.0164. The van der Waals surface area contributed by atoms with Crippen molar-refractivity contribution in [1.82, 2.24) is 14.9 Å². The van der Waals surface area contributed by atoms with Crippen molar-refractivity contribution in [1.29, 1.82) is 0 Å². The van der Waals surface area contributed by atoms with E-state index in [1.54, 1.807) is 4.90 Å². The van der Waals surface area contributed by atoms with Crippen LogP contribution in [0.4, 0.5) is 17.3 Å². The molecule has 1 fully saturated rings. The second kappa shape index (κ2) is 11.5. The third kappa shape index (κ3) is 6.68. The van der Waals surface area contributed by atoms with Gasteiger partial charge in [-0.05, 0) is 51.7 Å². The monoisotopic (exact) mass is 424 g/mol. The van der Waals surface area contributed by atoms with Gasteiger partial charge in [0.05, 0.1) is 18.6 Å². The van der Waals surface area contributed by atoms with Crippen molar-refractivity contribution in [3.8, 4) is 6.01 Å².